The van der Waals surface area contributed by atoms with Gasteiger partial charge in [0.2, 0.25) is 0 Å². The molecule has 88 heavy (non-hydrogen) atoms. The summed E-state index contributed by atoms with van der Waals surface area (Å²) < 4.78 is 28.6. The molecule has 0 aromatic heterocycles. The summed E-state index contributed by atoms with van der Waals surface area (Å²) in [4.78, 5) is 54.3. The van der Waals surface area contributed by atoms with Gasteiger partial charge in [0.25, 0.3) is 0 Å². The van der Waals surface area contributed by atoms with Crippen molar-refractivity contribution in [2.45, 2.75) is 170 Å². The summed E-state index contributed by atoms with van der Waals surface area (Å²) in [6, 6.07) is 44.0. The number of fused-ring (bicyclic) bond motifs is 8. The Kier molecular flexibility index (Phi) is 19.2. The molecule has 0 spiro atoms. The molecule has 0 fully saturated rings. The van der Waals surface area contributed by atoms with Gasteiger partial charge in [0, 0.05) is 0 Å². The molecule has 16 heteroatoms. The van der Waals surface area contributed by atoms with Crippen LogP contribution in [0.3, 0.4) is 0 Å². The molecule has 4 N–H and O–H groups in total. The minimum atomic E-state index is -1.03. The Hall–Kier alpha value is -7.76. The molecular formula is C72H72O12S4. The Labute approximate surface area is 531 Å². The van der Waals surface area contributed by atoms with E-state index in [0.29, 0.717) is 23.0 Å². The number of hydrogen-bond acceptors (Lipinski definition) is 12. The summed E-state index contributed by atoms with van der Waals surface area (Å²) in [5.74, 6) is -1.86. The number of carboxylic acid groups (broad SMARTS) is 4. The summed E-state index contributed by atoms with van der Waals surface area (Å²) in [5, 5.41) is 39.3. The van der Waals surface area contributed by atoms with Crippen molar-refractivity contribution < 1.29 is 58.6 Å². The number of rotatable bonds is 16. The van der Waals surface area contributed by atoms with E-state index in [9.17, 15) is 39.6 Å². The monoisotopic (exact) mass is 1260 g/mol. The van der Waals surface area contributed by atoms with Gasteiger partial charge in [-0.15, -0.1) is 0 Å². The summed E-state index contributed by atoms with van der Waals surface area (Å²) >= 11 is 6.04. The first-order chi connectivity index (χ1) is 41.4. The standard InChI is InChI=1S/C72H72O12S4/c1-69(2,3)49-29-53-61(81-37-41-13-21-45(22-14-41)65(73)74)54(30-49)86-56-32-51(71(7,8)9)34-58(63(56)83-39-43-17-25-47(26-18-43)67(77)78)88-60-36-52(72(10,11)12)35-59(64(60)84-40-44-19-27-48(28-20-44)68(79)80)87-57-33-50(70(4,5)6)31-55(85-53)62(57)82-38-42-15-23-46(24-16-42)66(75)76/h13-36H,37-40H2,1-12H3,(H,73,74)(H,75,76)(H,77,78)(H,79,80). The van der Waals surface area contributed by atoms with Crippen molar-refractivity contribution in [2.75, 3.05) is 0 Å². The van der Waals surface area contributed by atoms with Crippen LogP contribution in [0.1, 0.15) is 169 Å². The highest BCUT2D eigenvalue weighted by Crippen LogP contribution is 2.57. The van der Waals surface area contributed by atoms with Gasteiger partial charge in [-0.2, -0.15) is 0 Å². The van der Waals surface area contributed by atoms with E-state index in [1.807, 2.05) is 0 Å². The van der Waals surface area contributed by atoms with E-state index in [4.69, 9.17) is 18.9 Å². The number of carbonyl (C=O) groups is 4. The van der Waals surface area contributed by atoms with Gasteiger partial charge < -0.3 is 39.4 Å². The molecule has 0 radical (unpaired) electrons. The zero-order chi connectivity index (χ0) is 63.6. The Bertz CT molecular complexity index is 3330. The lowest BCUT2D eigenvalue weighted by molar-refractivity contribution is 0.0686. The zero-order valence-corrected chi connectivity index (χ0v) is 54.6. The van der Waals surface area contributed by atoms with Crippen LogP contribution in [0.2, 0.25) is 0 Å². The number of hydrogen-bond donors (Lipinski definition) is 4. The van der Waals surface area contributed by atoms with E-state index in [-0.39, 0.29) is 70.3 Å². The van der Waals surface area contributed by atoms with Crippen LogP contribution in [-0.4, -0.2) is 44.3 Å². The number of aromatic carboxylic acids is 4. The van der Waals surface area contributed by atoms with Gasteiger partial charge in [-0.25, -0.2) is 19.2 Å². The van der Waals surface area contributed by atoms with Crippen molar-refractivity contribution in [3.05, 3.63) is 212 Å². The van der Waals surface area contributed by atoms with Crippen molar-refractivity contribution in [2.24, 2.45) is 0 Å². The molecule has 0 saturated heterocycles. The Morgan fingerprint density at radius 3 is 0.557 bits per heavy atom. The molecular weight excluding hydrogens is 1190 g/mol. The van der Waals surface area contributed by atoms with Gasteiger partial charge in [-0.05, 0) is 163 Å². The van der Waals surface area contributed by atoms with Crippen LogP contribution in [0, 0.1) is 0 Å². The van der Waals surface area contributed by atoms with Crippen LogP contribution in [-0.2, 0) is 48.1 Å². The van der Waals surface area contributed by atoms with E-state index < -0.39 is 23.9 Å². The Morgan fingerprint density at radius 1 is 0.284 bits per heavy atom. The molecule has 0 amide bonds. The minimum Gasteiger partial charge on any atom is -0.487 e. The van der Waals surface area contributed by atoms with Gasteiger partial charge in [-0.1, -0.05) is 179 Å². The fourth-order valence-electron chi connectivity index (χ4n) is 9.28. The minimum absolute atomic E-state index is 0.0881. The molecule has 1 heterocycles. The maximum Gasteiger partial charge on any atom is 0.335 e. The molecule has 0 aliphatic carbocycles. The zero-order valence-electron chi connectivity index (χ0n) is 51.4. The first-order valence-electron chi connectivity index (χ1n) is 28.6. The van der Waals surface area contributed by atoms with Crippen LogP contribution in [0.25, 0.3) is 0 Å². The van der Waals surface area contributed by atoms with E-state index >= 15 is 0 Å². The summed E-state index contributed by atoms with van der Waals surface area (Å²) in [7, 11) is 0. The molecule has 1 aliphatic rings. The van der Waals surface area contributed by atoms with Crippen LogP contribution >= 0.6 is 47.0 Å². The topological polar surface area (TPSA) is 186 Å². The average molecular weight is 1260 g/mol. The SMILES string of the molecule is CC(C)(C)c1cc2c(OCc3ccc(C(=O)O)cc3)c(c1)Sc1cc(C(C)(C)C)cc(c1OCc1ccc(C(=O)O)cc1)Sc1cc(C(C)(C)C)cc(c1OCc1ccc(C(=O)O)cc1)Sc1cc(C(C)(C)C)cc(c1OCc1ccc(C(=O)O)cc1)S2. The molecule has 8 aromatic carbocycles. The van der Waals surface area contributed by atoms with Crippen LogP contribution in [0.4, 0.5) is 0 Å². The average Bonchev–Trinajstić information content (AvgIpc) is 2.12. The number of benzene rings is 8. The summed E-state index contributed by atoms with van der Waals surface area (Å²) in [6.07, 6.45) is 0. The maximum atomic E-state index is 12.0. The molecule has 8 bridgehead atoms. The van der Waals surface area contributed by atoms with Crippen LogP contribution in [0.5, 0.6) is 23.0 Å². The summed E-state index contributed by atoms with van der Waals surface area (Å²) in [5.41, 5.74) is 6.16. The lowest BCUT2D eigenvalue weighted by atomic mass is 9.87. The maximum absolute atomic E-state index is 12.0. The van der Waals surface area contributed by atoms with Crippen molar-refractivity contribution in [3.8, 4) is 23.0 Å². The van der Waals surface area contributed by atoms with Gasteiger partial charge >= 0.3 is 23.9 Å². The second kappa shape index (κ2) is 26.1. The molecule has 12 nitrogen and oxygen atoms in total. The molecule has 0 unspecified atom stereocenters. The number of carboxylic acids is 4. The smallest absolute Gasteiger partial charge is 0.335 e. The van der Waals surface area contributed by atoms with Gasteiger partial charge in [-0.3, -0.25) is 0 Å². The molecule has 8 aromatic rings. The normalized spacial score (nSPS) is 12.7. The third-order valence-electron chi connectivity index (χ3n) is 14.8. The first kappa shape index (κ1) is 64.7. The van der Waals surface area contributed by atoms with Crippen molar-refractivity contribution in [1.82, 2.24) is 0 Å². The van der Waals surface area contributed by atoms with Gasteiger partial charge in [0.15, 0.2) is 0 Å². The van der Waals surface area contributed by atoms with E-state index in [1.165, 1.54) is 47.0 Å². The Morgan fingerprint density at radius 2 is 0.432 bits per heavy atom. The largest absolute Gasteiger partial charge is 0.487 e. The van der Waals surface area contributed by atoms with Crippen LogP contribution in [0.15, 0.2) is 185 Å². The predicted octanol–water partition coefficient (Wildman–Crippen LogP) is 18.9. The molecule has 9 rings (SSSR count). The number of ether oxygens (including phenoxy) is 4. The van der Waals surface area contributed by atoms with Crippen molar-refractivity contribution in [3.63, 3.8) is 0 Å². The van der Waals surface area contributed by atoms with E-state index in [1.54, 1.807) is 97.1 Å². The lowest BCUT2D eigenvalue weighted by Gasteiger charge is -2.28. The molecule has 456 valence electrons. The van der Waals surface area contributed by atoms with Crippen molar-refractivity contribution >= 4 is 70.9 Å². The second-order valence-electron chi connectivity index (χ2n) is 25.8. The fourth-order valence-corrected chi connectivity index (χ4v) is 14.1. The second-order valence-corrected chi connectivity index (χ2v) is 30.1. The van der Waals surface area contributed by atoms with Gasteiger partial charge in [0.1, 0.15) is 49.4 Å². The Balaban J connectivity index is 1.37. The van der Waals surface area contributed by atoms with Crippen LogP contribution < -0.4 is 18.9 Å². The molecule has 1 aliphatic heterocycles. The van der Waals surface area contributed by atoms with Gasteiger partial charge in [0.05, 0.1) is 61.4 Å². The highest BCUT2D eigenvalue weighted by atomic mass is 32.2. The van der Waals surface area contributed by atoms with E-state index in [2.05, 4.69) is 132 Å². The van der Waals surface area contributed by atoms with E-state index in [0.717, 1.165) is 83.7 Å². The first-order valence-corrected chi connectivity index (χ1v) is 31.9. The molecule has 0 saturated carbocycles. The quantitative estimate of drug-likeness (QED) is 0.0715. The fraction of sp³-hybridized carbons (Fsp3) is 0.278. The predicted molar refractivity (Wildman–Crippen MR) is 348 cm³/mol. The highest BCUT2D eigenvalue weighted by molar-refractivity contribution is 8.01. The molecule has 0 atom stereocenters. The third-order valence-corrected chi connectivity index (χ3v) is 18.9. The summed E-state index contributed by atoms with van der Waals surface area (Å²) in [6.45, 7) is 26.4. The highest BCUT2D eigenvalue weighted by Gasteiger charge is 2.31. The van der Waals surface area contributed by atoms with Crippen molar-refractivity contribution in [1.29, 1.82) is 0 Å². The lowest BCUT2D eigenvalue weighted by Crippen LogP contribution is -2.14. The third kappa shape index (κ3) is 15.7.